The first-order valence-corrected chi connectivity index (χ1v) is 9.77. The number of carbonyl (C=O) groups is 1. The number of amides is 1. The van der Waals surface area contributed by atoms with Gasteiger partial charge in [0.15, 0.2) is 6.54 Å². The van der Waals surface area contributed by atoms with Gasteiger partial charge in [0.1, 0.15) is 5.75 Å². The van der Waals surface area contributed by atoms with Crippen LogP contribution in [0.25, 0.3) is 0 Å². The van der Waals surface area contributed by atoms with Crippen LogP contribution in [0, 0.1) is 0 Å². The van der Waals surface area contributed by atoms with Gasteiger partial charge in [-0.3, -0.25) is 4.79 Å². The number of quaternary nitrogens is 1. The Morgan fingerprint density at radius 3 is 2.57 bits per heavy atom. The Hall–Kier alpha value is -2.99. The Labute approximate surface area is 166 Å². The lowest BCUT2D eigenvalue weighted by Gasteiger charge is -2.35. The largest absolute Gasteiger partial charge is 0.495 e. The third kappa shape index (κ3) is 3.82. The molecule has 2 aromatic carbocycles. The molecule has 0 radical (unpaired) electrons. The van der Waals surface area contributed by atoms with Crippen molar-refractivity contribution in [2.24, 2.45) is 0 Å². The molecule has 0 bridgehead atoms. The van der Waals surface area contributed by atoms with Gasteiger partial charge in [-0.05, 0) is 23.8 Å². The van der Waals surface area contributed by atoms with E-state index in [0.717, 1.165) is 43.2 Å². The zero-order valence-corrected chi connectivity index (χ0v) is 16.2. The van der Waals surface area contributed by atoms with Crippen molar-refractivity contribution in [2.75, 3.05) is 44.7 Å². The summed E-state index contributed by atoms with van der Waals surface area (Å²) < 4.78 is 5.49. The molecular formula is C22H27N4O2+. The lowest BCUT2D eigenvalue weighted by Crippen LogP contribution is -3.16. The molecule has 6 nitrogen and oxygen atoms in total. The van der Waals surface area contributed by atoms with Gasteiger partial charge in [0.2, 0.25) is 0 Å². The molecule has 4 rings (SSSR count). The van der Waals surface area contributed by atoms with Crippen molar-refractivity contribution in [3.05, 3.63) is 72.4 Å². The van der Waals surface area contributed by atoms with Gasteiger partial charge in [0.25, 0.3) is 5.91 Å². The maximum atomic E-state index is 12.9. The molecule has 6 heteroatoms. The number of nitrogens with one attached hydrogen (secondary N) is 2. The van der Waals surface area contributed by atoms with E-state index in [4.69, 9.17) is 4.74 Å². The molecule has 1 fully saturated rings. The van der Waals surface area contributed by atoms with Crippen molar-refractivity contribution in [1.82, 2.24) is 10.4 Å². The Balaban J connectivity index is 1.34. The SMILES string of the molecule is COc1ccccc1N1CC[NH+](CC(=O)N2NC=C[C@@H]2c2ccccc2)CC1. The van der Waals surface area contributed by atoms with Gasteiger partial charge >= 0.3 is 0 Å². The van der Waals surface area contributed by atoms with E-state index in [1.54, 1.807) is 12.1 Å². The lowest BCUT2D eigenvalue weighted by molar-refractivity contribution is -0.892. The molecule has 1 atom stereocenters. The first-order chi connectivity index (χ1) is 13.8. The quantitative estimate of drug-likeness (QED) is 0.814. The molecule has 2 aliphatic rings. The highest BCUT2D eigenvalue weighted by Gasteiger charge is 2.30. The average molecular weight is 379 g/mol. The Morgan fingerprint density at radius 2 is 1.82 bits per heavy atom. The van der Waals surface area contributed by atoms with Crippen LogP contribution in [0.4, 0.5) is 5.69 Å². The highest BCUT2D eigenvalue weighted by atomic mass is 16.5. The summed E-state index contributed by atoms with van der Waals surface area (Å²) in [5, 5.41) is 1.74. The molecule has 1 saturated heterocycles. The van der Waals surface area contributed by atoms with Gasteiger partial charge in [-0.2, -0.15) is 0 Å². The lowest BCUT2D eigenvalue weighted by atomic mass is 10.1. The topological polar surface area (TPSA) is 49.3 Å². The van der Waals surface area contributed by atoms with E-state index >= 15 is 0 Å². The summed E-state index contributed by atoms with van der Waals surface area (Å²) in [7, 11) is 1.71. The minimum Gasteiger partial charge on any atom is -0.495 e. The number of hydrogen-bond donors (Lipinski definition) is 2. The summed E-state index contributed by atoms with van der Waals surface area (Å²) in [6.45, 7) is 4.19. The van der Waals surface area contributed by atoms with Crippen LogP contribution in [0.1, 0.15) is 11.6 Å². The molecule has 2 N–H and O–H groups in total. The van der Waals surface area contributed by atoms with E-state index in [1.165, 1.54) is 4.90 Å². The van der Waals surface area contributed by atoms with Gasteiger partial charge in [-0.15, -0.1) is 0 Å². The second-order valence-electron chi connectivity index (χ2n) is 7.19. The fraction of sp³-hybridized carbons (Fsp3) is 0.318. The number of rotatable bonds is 5. The summed E-state index contributed by atoms with van der Waals surface area (Å²) >= 11 is 0. The van der Waals surface area contributed by atoms with Gasteiger partial charge < -0.3 is 20.0 Å². The number of carbonyl (C=O) groups excluding carboxylic acids is 1. The summed E-state index contributed by atoms with van der Waals surface area (Å²) in [6.07, 6.45) is 3.88. The molecule has 146 valence electrons. The summed E-state index contributed by atoms with van der Waals surface area (Å²) in [6, 6.07) is 18.2. The predicted molar refractivity (Wildman–Crippen MR) is 109 cm³/mol. The van der Waals surface area contributed by atoms with Crippen molar-refractivity contribution < 1.29 is 14.4 Å². The minimum absolute atomic E-state index is 0.0389. The van der Waals surface area contributed by atoms with Gasteiger partial charge in [0.05, 0.1) is 45.0 Å². The summed E-state index contributed by atoms with van der Waals surface area (Å²) in [5.74, 6) is 1.03. The number of methoxy groups -OCH3 is 1. The Morgan fingerprint density at radius 1 is 1.11 bits per heavy atom. The minimum atomic E-state index is -0.0389. The van der Waals surface area contributed by atoms with Crippen LogP contribution >= 0.6 is 0 Å². The number of anilines is 1. The first-order valence-electron chi connectivity index (χ1n) is 9.77. The highest BCUT2D eigenvalue weighted by molar-refractivity contribution is 5.78. The van der Waals surface area contributed by atoms with E-state index < -0.39 is 0 Å². The van der Waals surface area contributed by atoms with E-state index in [0.29, 0.717) is 6.54 Å². The van der Waals surface area contributed by atoms with E-state index in [9.17, 15) is 4.79 Å². The fourth-order valence-corrected chi connectivity index (χ4v) is 3.95. The summed E-state index contributed by atoms with van der Waals surface area (Å²) in [5.41, 5.74) is 5.36. The number of para-hydroxylation sites is 2. The van der Waals surface area contributed by atoms with E-state index in [-0.39, 0.29) is 11.9 Å². The molecule has 0 aromatic heterocycles. The third-order valence-corrected chi connectivity index (χ3v) is 5.48. The zero-order valence-electron chi connectivity index (χ0n) is 16.2. The predicted octanol–water partition coefficient (Wildman–Crippen LogP) is 1.00. The number of hydrogen-bond acceptors (Lipinski definition) is 4. The number of hydrazine groups is 1. The van der Waals surface area contributed by atoms with Crippen molar-refractivity contribution in [3.63, 3.8) is 0 Å². The van der Waals surface area contributed by atoms with Crippen LogP contribution in [-0.2, 0) is 4.79 Å². The van der Waals surface area contributed by atoms with Crippen molar-refractivity contribution in [2.45, 2.75) is 6.04 Å². The third-order valence-electron chi connectivity index (χ3n) is 5.48. The second kappa shape index (κ2) is 8.35. The highest BCUT2D eigenvalue weighted by Crippen LogP contribution is 2.27. The van der Waals surface area contributed by atoms with Crippen LogP contribution in [0.15, 0.2) is 66.9 Å². The standard InChI is InChI=1S/C22H26N4O2/c1-28-21-10-6-5-9-20(21)25-15-13-24(14-16-25)17-22(27)26-19(11-12-23-26)18-7-3-2-4-8-18/h2-12,19,23H,13-17H2,1H3/p+1/t19-/m1/s1. The molecule has 0 saturated carbocycles. The average Bonchev–Trinajstić information content (AvgIpc) is 3.25. The molecule has 1 amide bonds. The van der Waals surface area contributed by atoms with Crippen LogP contribution in [0.2, 0.25) is 0 Å². The monoisotopic (exact) mass is 379 g/mol. The zero-order chi connectivity index (χ0) is 19.3. The van der Waals surface area contributed by atoms with Crippen LogP contribution < -0.4 is 20.0 Å². The van der Waals surface area contributed by atoms with Gasteiger partial charge in [-0.25, -0.2) is 5.01 Å². The molecule has 0 spiro atoms. The van der Waals surface area contributed by atoms with Crippen LogP contribution in [0.5, 0.6) is 5.75 Å². The Kier molecular flexibility index (Phi) is 5.48. The maximum Gasteiger partial charge on any atom is 0.296 e. The van der Waals surface area contributed by atoms with E-state index in [1.807, 2.05) is 48.7 Å². The molecule has 2 heterocycles. The van der Waals surface area contributed by atoms with E-state index in [2.05, 4.69) is 28.5 Å². The van der Waals surface area contributed by atoms with Crippen LogP contribution in [0.3, 0.4) is 0 Å². The number of benzene rings is 2. The van der Waals surface area contributed by atoms with Crippen molar-refractivity contribution in [3.8, 4) is 5.75 Å². The number of piperazine rings is 1. The maximum absolute atomic E-state index is 12.9. The smallest absolute Gasteiger partial charge is 0.296 e. The first kappa shape index (κ1) is 18.4. The normalized spacial score (nSPS) is 19.5. The Bertz CT molecular complexity index is 831. The molecule has 2 aromatic rings. The molecule has 28 heavy (non-hydrogen) atoms. The van der Waals surface area contributed by atoms with Crippen LogP contribution in [-0.4, -0.2) is 50.7 Å². The fourth-order valence-electron chi connectivity index (χ4n) is 3.95. The second-order valence-corrected chi connectivity index (χ2v) is 7.19. The van der Waals surface area contributed by atoms with Crippen molar-refractivity contribution in [1.29, 1.82) is 0 Å². The van der Waals surface area contributed by atoms with Gasteiger partial charge in [0, 0.05) is 6.20 Å². The van der Waals surface area contributed by atoms with Crippen molar-refractivity contribution >= 4 is 11.6 Å². The van der Waals surface area contributed by atoms with Gasteiger partial charge in [-0.1, -0.05) is 42.5 Å². The summed E-state index contributed by atoms with van der Waals surface area (Å²) in [4.78, 5) is 16.6. The number of ether oxygens (including phenoxy) is 1. The molecular weight excluding hydrogens is 352 g/mol. The molecule has 0 aliphatic carbocycles. The molecule has 0 unspecified atom stereocenters. The molecule has 2 aliphatic heterocycles. The number of nitrogens with zero attached hydrogens (tertiary/aromatic N) is 2.